The molecule has 3 rings (SSSR count). The maximum absolute atomic E-state index is 13.9. The van der Waals surface area contributed by atoms with Crippen LogP contribution < -0.4 is 5.32 Å². The van der Waals surface area contributed by atoms with E-state index in [9.17, 15) is 27.9 Å². The minimum atomic E-state index is -4.62. The van der Waals surface area contributed by atoms with E-state index < -0.39 is 23.6 Å². The second kappa shape index (κ2) is 9.52. The highest BCUT2D eigenvalue weighted by Gasteiger charge is 2.37. The van der Waals surface area contributed by atoms with Gasteiger partial charge in [-0.25, -0.2) is 4.79 Å². The standard InChI is InChI=1S/C24H28F3N3O3/c1-14-5-8-18(12-19(14)23(32)33)28-22(31)16-6-7-17(20(11-16)24(25,26)27)13-30-10-9-21(15(30)2)29(3)4/h5-8,11-12,15,21H,9-10,13H2,1-4H3,(H,28,31)(H,32,33). The van der Waals surface area contributed by atoms with E-state index in [0.29, 0.717) is 12.1 Å². The van der Waals surface area contributed by atoms with Gasteiger partial charge in [0.15, 0.2) is 0 Å². The quantitative estimate of drug-likeness (QED) is 0.661. The molecule has 1 saturated heterocycles. The second-order valence-corrected chi connectivity index (χ2v) is 8.69. The number of amides is 1. The summed E-state index contributed by atoms with van der Waals surface area (Å²) >= 11 is 0. The first-order chi connectivity index (χ1) is 15.4. The Kier molecular flexibility index (Phi) is 7.14. The molecule has 1 amide bonds. The molecule has 0 spiro atoms. The Labute approximate surface area is 191 Å². The predicted octanol–water partition coefficient (Wildman–Crippen LogP) is 4.49. The molecular weight excluding hydrogens is 435 g/mol. The van der Waals surface area contributed by atoms with Crippen LogP contribution in [0.2, 0.25) is 0 Å². The lowest BCUT2D eigenvalue weighted by Gasteiger charge is -2.29. The molecule has 2 aromatic carbocycles. The van der Waals surface area contributed by atoms with Crippen molar-refractivity contribution in [1.29, 1.82) is 0 Å². The fourth-order valence-corrected chi connectivity index (χ4v) is 4.37. The van der Waals surface area contributed by atoms with Crippen LogP contribution in [-0.4, -0.2) is 59.5 Å². The second-order valence-electron chi connectivity index (χ2n) is 8.69. The van der Waals surface area contributed by atoms with E-state index in [0.717, 1.165) is 12.5 Å². The van der Waals surface area contributed by atoms with Gasteiger partial charge in [0.1, 0.15) is 0 Å². The molecule has 1 fully saturated rings. The van der Waals surface area contributed by atoms with Gasteiger partial charge in [-0.2, -0.15) is 13.2 Å². The van der Waals surface area contributed by atoms with Gasteiger partial charge in [-0.05, 0) is 69.8 Å². The molecule has 2 N–H and O–H groups in total. The molecule has 2 aromatic rings. The van der Waals surface area contributed by atoms with E-state index in [1.165, 1.54) is 30.3 Å². The molecule has 0 saturated carbocycles. The maximum Gasteiger partial charge on any atom is 0.416 e. The first-order valence-corrected chi connectivity index (χ1v) is 10.6. The van der Waals surface area contributed by atoms with Gasteiger partial charge in [-0.3, -0.25) is 9.69 Å². The maximum atomic E-state index is 13.9. The van der Waals surface area contributed by atoms with Crippen LogP contribution in [0.3, 0.4) is 0 Å². The molecule has 2 atom stereocenters. The van der Waals surface area contributed by atoms with Crippen molar-refractivity contribution in [2.45, 2.75) is 45.1 Å². The van der Waals surface area contributed by atoms with Crippen molar-refractivity contribution in [2.75, 3.05) is 26.0 Å². The number of likely N-dealkylation sites (tertiary alicyclic amines) is 1. The van der Waals surface area contributed by atoms with Crippen LogP contribution in [0.1, 0.15) is 50.8 Å². The number of aromatic carboxylic acids is 1. The summed E-state index contributed by atoms with van der Waals surface area (Å²) in [7, 11) is 3.93. The molecule has 178 valence electrons. The number of carbonyl (C=O) groups excluding carboxylic acids is 1. The lowest BCUT2D eigenvalue weighted by molar-refractivity contribution is -0.138. The van der Waals surface area contributed by atoms with E-state index in [2.05, 4.69) is 10.2 Å². The highest BCUT2D eigenvalue weighted by molar-refractivity contribution is 6.05. The molecule has 1 aliphatic heterocycles. The third kappa shape index (κ3) is 5.54. The average molecular weight is 464 g/mol. The fourth-order valence-electron chi connectivity index (χ4n) is 4.37. The number of nitrogens with zero attached hydrogens (tertiary/aromatic N) is 2. The number of anilines is 1. The van der Waals surface area contributed by atoms with Crippen molar-refractivity contribution in [3.05, 3.63) is 64.2 Å². The number of hydrogen-bond acceptors (Lipinski definition) is 4. The van der Waals surface area contributed by atoms with Crippen LogP contribution in [0.5, 0.6) is 0 Å². The number of rotatable bonds is 6. The van der Waals surface area contributed by atoms with Gasteiger partial charge in [0.2, 0.25) is 0 Å². The molecule has 33 heavy (non-hydrogen) atoms. The Morgan fingerprint density at radius 2 is 1.88 bits per heavy atom. The Balaban J connectivity index is 1.84. The number of halogens is 3. The van der Waals surface area contributed by atoms with Gasteiger partial charge in [-0.15, -0.1) is 0 Å². The van der Waals surface area contributed by atoms with Gasteiger partial charge in [0, 0.05) is 36.4 Å². The lowest BCUT2D eigenvalue weighted by Crippen LogP contribution is -2.39. The summed E-state index contributed by atoms with van der Waals surface area (Å²) in [6, 6.07) is 8.28. The molecule has 1 aliphatic rings. The average Bonchev–Trinajstić information content (AvgIpc) is 3.09. The molecule has 0 bridgehead atoms. The van der Waals surface area contributed by atoms with Crippen LogP contribution in [0.25, 0.3) is 0 Å². The largest absolute Gasteiger partial charge is 0.478 e. The summed E-state index contributed by atoms with van der Waals surface area (Å²) in [6.45, 7) is 4.47. The summed E-state index contributed by atoms with van der Waals surface area (Å²) in [6.07, 6.45) is -3.74. The zero-order valence-electron chi connectivity index (χ0n) is 19.0. The number of aryl methyl sites for hydroxylation is 1. The molecule has 9 heteroatoms. The Morgan fingerprint density at radius 3 is 2.45 bits per heavy atom. The monoisotopic (exact) mass is 463 g/mol. The van der Waals surface area contributed by atoms with Crippen molar-refractivity contribution < 1.29 is 27.9 Å². The van der Waals surface area contributed by atoms with E-state index in [1.807, 2.05) is 25.9 Å². The number of likely N-dealkylation sites (N-methyl/N-ethyl adjacent to an activating group) is 1. The van der Waals surface area contributed by atoms with Crippen LogP contribution in [-0.2, 0) is 12.7 Å². The minimum absolute atomic E-state index is 0.00916. The number of carboxylic acids is 1. The molecular formula is C24H28F3N3O3. The van der Waals surface area contributed by atoms with E-state index >= 15 is 0 Å². The number of hydrogen-bond donors (Lipinski definition) is 2. The Morgan fingerprint density at radius 1 is 1.18 bits per heavy atom. The van der Waals surface area contributed by atoms with Crippen molar-refractivity contribution in [3.63, 3.8) is 0 Å². The van der Waals surface area contributed by atoms with Gasteiger partial charge in [-0.1, -0.05) is 12.1 Å². The summed E-state index contributed by atoms with van der Waals surface area (Å²) < 4.78 is 41.6. The van der Waals surface area contributed by atoms with Gasteiger partial charge in [0.05, 0.1) is 11.1 Å². The Bertz CT molecular complexity index is 1050. The molecule has 2 unspecified atom stereocenters. The third-order valence-corrected chi connectivity index (χ3v) is 6.28. The molecule has 0 aliphatic carbocycles. The minimum Gasteiger partial charge on any atom is -0.478 e. The summed E-state index contributed by atoms with van der Waals surface area (Å²) in [5.74, 6) is -1.89. The third-order valence-electron chi connectivity index (χ3n) is 6.28. The van der Waals surface area contributed by atoms with E-state index in [-0.39, 0.29) is 41.0 Å². The van der Waals surface area contributed by atoms with Gasteiger partial charge in [0.25, 0.3) is 5.91 Å². The first-order valence-electron chi connectivity index (χ1n) is 10.6. The number of alkyl halides is 3. The number of nitrogens with one attached hydrogen (secondary N) is 1. The zero-order chi connectivity index (χ0) is 24.5. The van der Waals surface area contributed by atoms with Crippen LogP contribution >= 0.6 is 0 Å². The van der Waals surface area contributed by atoms with Gasteiger partial charge < -0.3 is 15.3 Å². The number of carboxylic acid groups (broad SMARTS) is 1. The molecule has 0 aromatic heterocycles. The number of benzene rings is 2. The van der Waals surface area contributed by atoms with Crippen LogP contribution in [0.15, 0.2) is 36.4 Å². The SMILES string of the molecule is Cc1ccc(NC(=O)c2ccc(CN3CCC(N(C)C)C3C)c(C(F)(F)F)c2)cc1C(=O)O. The smallest absolute Gasteiger partial charge is 0.416 e. The topological polar surface area (TPSA) is 72.9 Å². The van der Waals surface area contributed by atoms with E-state index in [4.69, 9.17) is 0 Å². The summed E-state index contributed by atoms with van der Waals surface area (Å²) in [5.41, 5.74) is -0.156. The summed E-state index contributed by atoms with van der Waals surface area (Å²) in [4.78, 5) is 28.1. The van der Waals surface area contributed by atoms with Crippen molar-refractivity contribution >= 4 is 17.6 Å². The van der Waals surface area contributed by atoms with Crippen molar-refractivity contribution in [3.8, 4) is 0 Å². The first kappa shape index (κ1) is 24.7. The van der Waals surface area contributed by atoms with Crippen molar-refractivity contribution in [2.24, 2.45) is 0 Å². The highest BCUT2D eigenvalue weighted by Crippen LogP contribution is 2.35. The van der Waals surface area contributed by atoms with Crippen LogP contribution in [0.4, 0.5) is 18.9 Å². The predicted molar refractivity (Wildman–Crippen MR) is 119 cm³/mol. The fraction of sp³-hybridized carbons (Fsp3) is 0.417. The Hall–Kier alpha value is -2.91. The lowest BCUT2D eigenvalue weighted by atomic mass is 10.0. The normalized spacial score (nSPS) is 19.2. The zero-order valence-corrected chi connectivity index (χ0v) is 19.0. The number of carbonyl (C=O) groups is 2. The highest BCUT2D eigenvalue weighted by atomic mass is 19.4. The van der Waals surface area contributed by atoms with Gasteiger partial charge >= 0.3 is 12.1 Å². The molecule has 0 radical (unpaired) electrons. The molecule has 1 heterocycles. The van der Waals surface area contributed by atoms with E-state index in [1.54, 1.807) is 6.92 Å². The van der Waals surface area contributed by atoms with Crippen LogP contribution in [0, 0.1) is 6.92 Å². The summed E-state index contributed by atoms with van der Waals surface area (Å²) in [5, 5.41) is 11.7. The molecule has 6 nitrogen and oxygen atoms in total. The van der Waals surface area contributed by atoms with Crippen molar-refractivity contribution in [1.82, 2.24) is 9.80 Å².